The van der Waals surface area contributed by atoms with Gasteiger partial charge in [-0.3, -0.25) is 19.3 Å². The van der Waals surface area contributed by atoms with E-state index in [1.165, 1.54) is 12.1 Å². The van der Waals surface area contributed by atoms with E-state index in [0.717, 1.165) is 22.2 Å². The number of phenolic OH excluding ortho intramolecular Hbond substituents is 1. The minimum Gasteiger partial charge on any atom is -0.504 e. The first-order chi connectivity index (χ1) is 14.7. The van der Waals surface area contributed by atoms with Gasteiger partial charge in [-0.1, -0.05) is 33.6 Å². The molecule has 0 radical (unpaired) electrons. The third-order valence-corrected chi connectivity index (χ3v) is 6.14. The lowest BCUT2D eigenvalue weighted by atomic mass is 10.2. The van der Waals surface area contributed by atoms with Crippen molar-refractivity contribution < 1.29 is 24.2 Å². The van der Waals surface area contributed by atoms with E-state index >= 15 is 0 Å². The topological polar surface area (TPSA) is 95.9 Å². The van der Waals surface area contributed by atoms with Gasteiger partial charge in [-0.25, -0.2) is 0 Å². The lowest BCUT2D eigenvalue weighted by molar-refractivity contribution is -0.127. The standard InChI is InChI=1S/C21H18BrClN2O5S/c1-3-30-17-6-12(14(22)9-16(17)26)7-18-20(28)25(21(29)31-18)10-19(27)24-15-8-13(23)5-4-11(15)2/h4-9,26H,3,10H2,1-2H3,(H,24,27)/b18-7-. The molecule has 0 unspecified atom stereocenters. The second-order valence-corrected chi connectivity index (χ2v) is 8.83. The number of aryl methyl sites for hydroxylation is 1. The lowest BCUT2D eigenvalue weighted by Gasteiger charge is -2.14. The average molecular weight is 526 g/mol. The fraction of sp³-hybridized carbons (Fsp3) is 0.190. The summed E-state index contributed by atoms with van der Waals surface area (Å²) in [6.07, 6.45) is 1.51. The molecule has 1 aliphatic rings. The zero-order chi connectivity index (χ0) is 22.7. The van der Waals surface area contributed by atoms with Crippen molar-refractivity contribution in [2.75, 3.05) is 18.5 Å². The predicted octanol–water partition coefficient (Wildman–Crippen LogP) is 5.19. The molecule has 31 heavy (non-hydrogen) atoms. The molecule has 0 aliphatic carbocycles. The Balaban J connectivity index is 1.77. The SMILES string of the molecule is CCOc1cc(/C=C2\SC(=O)N(CC(=O)Nc3cc(Cl)ccc3C)C2=O)c(Br)cc1O. The maximum Gasteiger partial charge on any atom is 0.294 e. The van der Waals surface area contributed by atoms with Crippen LogP contribution in [0.25, 0.3) is 6.08 Å². The molecule has 2 N–H and O–H groups in total. The number of benzene rings is 2. The van der Waals surface area contributed by atoms with Crippen molar-refractivity contribution in [3.05, 3.63) is 55.9 Å². The van der Waals surface area contributed by atoms with Crippen molar-refractivity contribution in [2.24, 2.45) is 0 Å². The molecule has 1 saturated heterocycles. The summed E-state index contributed by atoms with van der Waals surface area (Å²) < 4.78 is 5.88. The zero-order valence-corrected chi connectivity index (χ0v) is 19.7. The third-order valence-electron chi connectivity index (χ3n) is 4.31. The number of halogens is 2. The number of amides is 3. The fourth-order valence-corrected chi connectivity index (χ4v) is 4.23. The number of carbonyl (C=O) groups is 3. The van der Waals surface area contributed by atoms with Crippen LogP contribution in [0.5, 0.6) is 11.5 Å². The maximum atomic E-state index is 12.7. The quantitative estimate of drug-likeness (QED) is 0.504. The molecule has 3 rings (SSSR count). The fourth-order valence-electron chi connectivity index (χ4n) is 2.78. The van der Waals surface area contributed by atoms with Crippen LogP contribution in [-0.2, 0) is 9.59 Å². The summed E-state index contributed by atoms with van der Waals surface area (Å²) in [6.45, 7) is 3.52. The Morgan fingerprint density at radius 3 is 2.77 bits per heavy atom. The predicted molar refractivity (Wildman–Crippen MR) is 124 cm³/mol. The second-order valence-electron chi connectivity index (χ2n) is 6.55. The van der Waals surface area contributed by atoms with E-state index in [0.29, 0.717) is 27.4 Å². The largest absolute Gasteiger partial charge is 0.504 e. The number of carbonyl (C=O) groups excluding carboxylic acids is 3. The van der Waals surface area contributed by atoms with Crippen molar-refractivity contribution in [3.8, 4) is 11.5 Å². The average Bonchev–Trinajstić information content (AvgIpc) is 2.96. The van der Waals surface area contributed by atoms with Gasteiger partial charge in [0.1, 0.15) is 6.54 Å². The summed E-state index contributed by atoms with van der Waals surface area (Å²) in [6, 6.07) is 8.06. The zero-order valence-electron chi connectivity index (χ0n) is 16.6. The molecule has 0 saturated carbocycles. The van der Waals surface area contributed by atoms with E-state index in [4.69, 9.17) is 16.3 Å². The molecule has 2 aromatic carbocycles. The minimum atomic E-state index is -0.578. The highest BCUT2D eigenvalue weighted by Crippen LogP contribution is 2.37. The Morgan fingerprint density at radius 2 is 2.06 bits per heavy atom. The van der Waals surface area contributed by atoms with E-state index < -0.39 is 23.6 Å². The summed E-state index contributed by atoms with van der Waals surface area (Å²) in [5, 5.41) is 12.5. The van der Waals surface area contributed by atoms with E-state index in [-0.39, 0.29) is 16.4 Å². The molecular formula is C21H18BrClN2O5S. The number of aromatic hydroxyl groups is 1. The van der Waals surface area contributed by atoms with E-state index in [9.17, 15) is 19.5 Å². The number of imide groups is 1. The molecule has 1 heterocycles. The maximum absolute atomic E-state index is 12.7. The Morgan fingerprint density at radius 1 is 1.32 bits per heavy atom. The van der Waals surface area contributed by atoms with Gasteiger partial charge in [-0.2, -0.15) is 0 Å². The molecule has 162 valence electrons. The highest BCUT2D eigenvalue weighted by molar-refractivity contribution is 9.10. The monoisotopic (exact) mass is 524 g/mol. The number of phenols is 1. The molecule has 1 aliphatic heterocycles. The highest BCUT2D eigenvalue weighted by atomic mass is 79.9. The van der Waals surface area contributed by atoms with Crippen LogP contribution in [0.15, 0.2) is 39.7 Å². The number of nitrogens with one attached hydrogen (secondary N) is 1. The summed E-state index contributed by atoms with van der Waals surface area (Å²) in [4.78, 5) is 38.5. The van der Waals surface area contributed by atoms with Crippen LogP contribution in [0.1, 0.15) is 18.1 Å². The van der Waals surface area contributed by atoms with Gasteiger partial charge in [0, 0.05) is 15.2 Å². The molecule has 7 nitrogen and oxygen atoms in total. The molecule has 3 amide bonds. The molecular weight excluding hydrogens is 508 g/mol. The van der Waals surface area contributed by atoms with Gasteiger partial charge >= 0.3 is 0 Å². The Kier molecular flexibility index (Phi) is 7.30. The lowest BCUT2D eigenvalue weighted by Crippen LogP contribution is -2.36. The van der Waals surface area contributed by atoms with Crippen LogP contribution in [0.4, 0.5) is 10.5 Å². The highest BCUT2D eigenvalue weighted by Gasteiger charge is 2.36. The van der Waals surface area contributed by atoms with Gasteiger partial charge in [0.05, 0.1) is 11.5 Å². The van der Waals surface area contributed by atoms with Gasteiger partial charge in [0.15, 0.2) is 11.5 Å². The summed E-state index contributed by atoms with van der Waals surface area (Å²) in [5.74, 6) is -0.885. The number of thioether (sulfide) groups is 1. The van der Waals surface area contributed by atoms with E-state index in [1.807, 2.05) is 0 Å². The number of anilines is 1. The summed E-state index contributed by atoms with van der Waals surface area (Å²) in [5.41, 5.74) is 1.86. The van der Waals surface area contributed by atoms with Crippen LogP contribution in [0, 0.1) is 6.92 Å². The number of nitrogens with zero attached hydrogens (tertiary/aromatic N) is 1. The van der Waals surface area contributed by atoms with E-state index in [1.54, 1.807) is 38.1 Å². The molecule has 10 heteroatoms. The van der Waals surface area contributed by atoms with Crippen molar-refractivity contribution >= 4 is 68.1 Å². The van der Waals surface area contributed by atoms with Crippen molar-refractivity contribution in [2.45, 2.75) is 13.8 Å². The Labute approximate surface area is 196 Å². The molecule has 0 spiro atoms. The normalized spacial score (nSPS) is 15.0. The van der Waals surface area contributed by atoms with Crippen molar-refractivity contribution in [1.29, 1.82) is 0 Å². The van der Waals surface area contributed by atoms with Crippen LogP contribution >= 0.6 is 39.3 Å². The van der Waals surface area contributed by atoms with Gasteiger partial charge in [0.2, 0.25) is 5.91 Å². The third kappa shape index (κ3) is 5.41. The van der Waals surface area contributed by atoms with Crippen LogP contribution in [-0.4, -0.2) is 40.2 Å². The van der Waals surface area contributed by atoms with Gasteiger partial charge < -0.3 is 15.2 Å². The van der Waals surface area contributed by atoms with E-state index in [2.05, 4.69) is 21.2 Å². The molecule has 2 aromatic rings. The number of hydrogen-bond donors (Lipinski definition) is 2. The van der Waals surface area contributed by atoms with Crippen molar-refractivity contribution in [3.63, 3.8) is 0 Å². The molecule has 0 bridgehead atoms. The number of ether oxygens (including phenoxy) is 1. The number of rotatable bonds is 6. The van der Waals surface area contributed by atoms with Gasteiger partial charge in [-0.15, -0.1) is 0 Å². The first kappa shape index (κ1) is 23.2. The van der Waals surface area contributed by atoms with Crippen molar-refractivity contribution in [1.82, 2.24) is 4.90 Å². The molecule has 0 atom stereocenters. The van der Waals surface area contributed by atoms with Crippen LogP contribution < -0.4 is 10.1 Å². The first-order valence-corrected chi connectivity index (χ1v) is 11.1. The Bertz CT molecular complexity index is 1110. The van der Waals surface area contributed by atoms with Crippen LogP contribution in [0.2, 0.25) is 5.02 Å². The smallest absolute Gasteiger partial charge is 0.294 e. The second kappa shape index (κ2) is 9.76. The molecule has 1 fully saturated rings. The minimum absolute atomic E-state index is 0.0491. The Hall–Kier alpha value is -2.49. The van der Waals surface area contributed by atoms with Gasteiger partial charge in [-0.05, 0) is 67.1 Å². The summed E-state index contributed by atoms with van der Waals surface area (Å²) in [7, 11) is 0. The van der Waals surface area contributed by atoms with Crippen LogP contribution in [0.3, 0.4) is 0 Å². The summed E-state index contributed by atoms with van der Waals surface area (Å²) >= 11 is 10.0. The molecule has 0 aromatic heterocycles. The first-order valence-electron chi connectivity index (χ1n) is 9.16. The van der Waals surface area contributed by atoms with Gasteiger partial charge in [0.25, 0.3) is 11.1 Å². The number of hydrogen-bond acceptors (Lipinski definition) is 6.